The van der Waals surface area contributed by atoms with Crippen molar-refractivity contribution in [2.24, 2.45) is 0 Å². The van der Waals surface area contributed by atoms with Crippen LogP contribution in [-0.2, 0) is 28.6 Å². The molecular weight excluding hydrogens is 925 g/mol. The molecule has 1 atom stereocenters. The Morgan fingerprint density at radius 2 is 0.560 bits per heavy atom. The van der Waals surface area contributed by atoms with Crippen molar-refractivity contribution in [1.82, 2.24) is 0 Å². The molecule has 1 unspecified atom stereocenters. The third kappa shape index (κ3) is 61.1. The summed E-state index contributed by atoms with van der Waals surface area (Å²) in [4.78, 5) is 38.2. The predicted octanol–water partition coefficient (Wildman–Crippen LogP) is 21.7. The van der Waals surface area contributed by atoms with Crippen LogP contribution in [0.5, 0.6) is 0 Å². The van der Waals surface area contributed by atoms with Gasteiger partial charge in [0.2, 0.25) is 0 Å². The predicted molar refractivity (Wildman–Crippen MR) is 325 cm³/mol. The lowest BCUT2D eigenvalue weighted by atomic mass is 10.0. The average molecular weight is 1040 g/mol. The molecule has 0 aromatic heterocycles. The van der Waals surface area contributed by atoms with E-state index in [1.807, 2.05) is 6.08 Å². The Kier molecular flexibility index (Phi) is 59.8. The second-order valence-corrected chi connectivity index (χ2v) is 20.9. The second-order valence-electron chi connectivity index (χ2n) is 20.9. The number of allylic oxidation sites excluding steroid dienone is 16. The molecule has 0 aliphatic heterocycles. The molecule has 0 heterocycles. The summed E-state index contributed by atoms with van der Waals surface area (Å²) >= 11 is 0. The molecule has 0 aromatic carbocycles. The van der Waals surface area contributed by atoms with E-state index in [2.05, 4.69) is 112 Å². The molecule has 0 rings (SSSR count). The van der Waals surface area contributed by atoms with Gasteiger partial charge in [0, 0.05) is 19.3 Å². The molecule has 0 saturated heterocycles. The first kappa shape index (κ1) is 71.3. The number of ether oxygens (including phenoxy) is 3. The van der Waals surface area contributed by atoms with E-state index in [-0.39, 0.29) is 31.6 Å². The van der Waals surface area contributed by atoms with Crippen molar-refractivity contribution in [1.29, 1.82) is 0 Å². The Labute approximate surface area is 464 Å². The van der Waals surface area contributed by atoms with E-state index in [4.69, 9.17) is 14.2 Å². The molecular formula is C69H118O6. The molecule has 6 nitrogen and oxygen atoms in total. The van der Waals surface area contributed by atoms with Crippen molar-refractivity contribution in [3.63, 3.8) is 0 Å². The van der Waals surface area contributed by atoms with Crippen LogP contribution in [0.1, 0.15) is 303 Å². The van der Waals surface area contributed by atoms with Gasteiger partial charge >= 0.3 is 17.9 Å². The van der Waals surface area contributed by atoms with Crippen LogP contribution in [0.4, 0.5) is 0 Å². The van der Waals surface area contributed by atoms with Crippen LogP contribution in [0.15, 0.2) is 97.2 Å². The topological polar surface area (TPSA) is 78.9 Å². The Balaban J connectivity index is 4.40. The number of rotatable bonds is 57. The van der Waals surface area contributed by atoms with Gasteiger partial charge in [-0.05, 0) is 83.5 Å². The minimum Gasteiger partial charge on any atom is -0.462 e. The SMILES string of the molecule is CC/C=C\C/C=C\C/C=C\C/C=C\C/C=C\C/C=C\CCC(=O)OC(COC(=O)CCCCCCC/C=C\C/C=C\CCCC)COC(=O)CCCCCCCCCCCCCCCCCCCCCCCCCC. The van der Waals surface area contributed by atoms with E-state index in [0.717, 1.165) is 103 Å². The number of carbonyl (C=O) groups excluding carboxylic acids is 3. The number of carbonyl (C=O) groups is 3. The van der Waals surface area contributed by atoms with Crippen molar-refractivity contribution in [3.8, 4) is 0 Å². The van der Waals surface area contributed by atoms with Crippen LogP contribution in [0, 0.1) is 0 Å². The molecule has 0 spiro atoms. The highest BCUT2D eigenvalue weighted by molar-refractivity contribution is 5.71. The molecule has 430 valence electrons. The number of unbranched alkanes of at least 4 members (excludes halogenated alkanes) is 30. The summed E-state index contributed by atoms with van der Waals surface area (Å²) in [7, 11) is 0. The fourth-order valence-corrected chi connectivity index (χ4v) is 8.84. The van der Waals surface area contributed by atoms with E-state index >= 15 is 0 Å². The summed E-state index contributed by atoms with van der Waals surface area (Å²) in [5.74, 6) is -1.00. The Bertz CT molecular complexity index is 1480. The highest BCUT2D eigenvalue weighted by Gasteiger charge is 2.19. The normalized spacial score (nSPS) is 12.7. The Morgan fingerprint density at radius 3 is 0.907 bits per heavy atom. The van der Waals surface area contributed by atoms with Gasteiger partial charge in [0.05, 0.1) is 0 Å². The van der Waals surface area contributed by atoms with Gasteiger partial charge < -0.3 is 14.2 Å². The second kappa shape index (κ2) is 62.9. The molecule has 75 heavy (non-hydrogen) atoms. The van der Waals surface area contributed by atoms with Crippen LogP contribution in [0.25, 0.3) is 0 Å². The van der Waals surface area contributed by atoms with Gasteiger partial charge in [-0.1, -0.05) is 298 Å². The van der Waals surface area contributed by atoms with Crippen molar-refractivity contribution in [3.05, 3.63) is 97.2 Å². The zero-order valence-corrected chi connectivity index (χ0v) is 49.3. The van der Waals surface area contributed by atoms with Gasteiger partial charge in [0.25, 0.3) is 0 Å². The van der Waals surface area contributed by atoms with Crippen LogP contribution < -0.4 is 0 Å². The maximum absolute atomic E-state index is 12.9. The number of hydrogen-bond donors (Lipinski definition) is 0. The maximum atomic E-state index is 12.9. The molecule has 6 heteroatoms. The zero-order chi connectivity index (χ0) is 54.3. The first-order chi connectivity index (χ1) is 37.0. The standard InChI is InChI=1S/C69H118O6/c1-4-7-10-13-16-19-22-25-28-30-32-33-34-35-36-38-39-41-44-47-50-53-56-59-62-68(71)74-65-66(64-73-67(70)61-58-55-52-49-46-43-27-24-21-18-15-12-9-6-3)75-69(72)63-60-57-54-51-48-45-42-40-37-31-29-26-23-20-17-14-11-8-5-2/h8,11,15,17-18,20,24,26-27,29,37,40,45,48,54,57,66H,4-7,9-10,12-14,16,19,21-23,25,28,30-36,38-39,41-44,46-47,49-53,55-56,58-65H2,1-3H3/b11-8-,18-15-,20-17-,27-24-,29-26-,40-37-,48-45-,57-54-. The van der Waals surface area contributed by atoms with Crippen molar-refractivity contribution < 1.29 is 28.6 Å². The highest BCUT2D eigenvalue weighted by atomic mass is 16.6. The minimum absolute atomic E-state index is 0.110. The first-order valence-electron chi connectivity index (χ1n) is 31.7. The summed E-state index contributed by atoms with van der Waals surface area (Å²) in [6, 6.07) is 0. The van der Waals surface area contributed by atoms with E-state index in [1.54, 1.807) is 0 Å². The van der Waals surface area contributed by atoms with Gasteiger partial charge in [-0.3, -0.25) is 14.4 Å². The molecule has 0 saturated carbocycles. The van der Waals surface area contributed by atoms with Crippen LogP contribution >= 0.6 is 0 Å². The molecule has 0 fully saturated rings. The molecule has 0 aliphatic rings. The van der Waals surface area contributed by atoms with Gasteiger partial charge in [-0.25, -0.2) is 0 Å². The average Bonchev–Trinajstić information content (AvgIpc) is 3.41. The zero-order valence-electron chi connectivity index (χ0n) is 49.3. The summed E-state index contributed by atoms with van der Waals surface area (Å²) in [5.41, 5.74) is 0. The molecule has 0 aliphatic carbocycles. The quantitative estimate of drug-likeness (QED) is 0.0261. The third-order valence-electron chi connectivity index (χ3n) is 13.6. The number of hydrogen-bond acceptors (Lipinski definition) is 6. The summed E-state index contributed by atoms with van der Waals surface area (Å²) in [6.07, 6.45) is 84.3. The first-order valence-corrected chi connectivity index (χ1v) is 31.7. The monoisotopic (exact) mass is 1040 g/mol. The van der Waals surface area contributed by atoms with Gasteiger partial charge in [0.15, 0.2) is 6.10 Å². The summed E-state index contributed by atoms with van der Waals surface area (Å²) < 4.78 is 16.8. The lowest BCUT2D eigenvalue weighted by Crippen LogP contribution is -2.30. The minimum atomic E-state index is -0.824. The molecule has 0 N–H and O–H groups in total. The fourth-order valence-electron chi connectivity index (χ4n) is 8.84. The third-order valence-corrected chi connectivity index (χ3v) is 13.6. The lowest BCUT2D eigenvalue weighted by Gasteiger charge is -2.18. The van der Waals surface area contributed by atoms with Gasteiger partial charge in [0.1, 0.15) is 13.2 Å². The van der Waals surface area contributed by atoms with E-state index in [1.165, 1.54) is 154 Å². The van der Waals surface area contributed by atoms with Crippen LogP contribution in [-0.4, -0.2) is 37.2 Å². The van der Waals surface area contributed by atoms with Crippen molar-refractivity contribution in [2.75, 3.05) is 13.2 Å². The largest absolute Gasteiger partial charge is 0.462 e. The summed E-state index contributed by atoms with van der Waals surface area (Å²) in [6.45, 7) is 6.44. The smallest absolute Gasteiger partial charge is 0.306 e. The van der Waals surface area contributed by atoms with E-state index in [0.29, 0.717) is 19.3 Å². The van der Waals surface area contributed by atoms with Crippen LogP contribution in [0.3, 0.4) is 0 Å². The molecule has 0 bridgehead atoms. The molecule has 0 radical (unpaired) electrons. The van der Waals surface area contributed by atoms with Crippen molar-refractivity contribution in [2.45, 2.75) is 309 Å². The van der Waals surface area contributed by atoms with Crippen LogP contribution in [0.2, 0.25) is 0 Å². The van der Waals surface area contributed by atoms with E-state index in [9.17, 15) is 14.4 Å². The maximum Gasteiger partial charge on any atom is 0.306 e. The van der Waals surface area contributed by atoms with Gasteiger partial charge in [-0.15, -0.1) is 0 Å². The van der Waals surface area contributed by atoms with Gasteiger partial charge in [-0.2, -0.15) is 0 Å². The Hall–Kier alpha value is -3.67. The summed E-state index contributed by atoms with van der Waals surface area (Å²) in [5, 5.41) is 0. The lowest BCUT2D eigenvalue weighted by molar-refractivity contribution is -0.166. The van der Waals surface area contributed by atoms with Crippen molar-refractivity contribution >= 4 is 17.9 Å². The number of esters is 3. The molecule has 0 aromatic rings. The highest BCUT2D eigenvalue weighted by Crippen LogP contribution is 2.17. The van der Waals surface area contributed by atoms with E-state index < -0.39 is 12.1 Å². The molecule has 0 amide bonds. The Morgan fingerprint density at radius 1 is 0.280 bits per heavy atom. The fraction of sp³-hybridized carbons (Fsp3) is 0.725.